The molecule has 0 bridgehead atoms. The Hall–Kier alpha value is -2.12. The second-order valence-electron chi connectivity index (χ2n) is 3.96. The lowest BCUT2D eigenvalue weighted by molar-refractivity contribution is 0.240. The molecule has 0 spiro atoms. The minimum atomic E-state index is -0.0696. The molecule has 4 nitrogen and oxygen atoms in total. The molecule has 2 aromatic rings. The summed E-state index contributed by atoms with van der Waals surface area (Å²) in [5.74, 6) is 6.49. The summed E-state index contributed by atoms with van der Waals surface area (Å²) in [4.78, 5) is 16.6. The molecule has 1 aromatic heterocycles. The van der Waals surface area contributed by atoms with Gasteiger partial charge in [-0.15, -0.1) is 0 Å². The highest BCUT2D eigenvalue weighted by molar-refractivity contribution is 5.84. The average molecular weight is 242 g/mol. The third-order valence-electron chi connectivity index (χ3n) is 2.77. The smallest absolute Gasteiger partial charge is 0.262 e. The van der Waals surface area contributed by atoms with Crippen molar-refractivity contribution in [2.45, 2.75) is 6.92 Å². The maximum Gasteiger partial charge on any atom is 0.262 e. The molecule has 0 radical (unpaired) electrons. The Bertz CT molecular complexity index is 705. The number of aryl methyl sites for hydroxylation is 1. The van der Waals surface area contributed by atoms with Crippen LogP contribution in [0.25, 0.3) is 10.9 Å². The summed E-state index contributed by atoms with van der Waals surface area (Å²) in [5, 5.41) is 0.564. The lowest BCUT2D eigenvalue weighted by Gasteiger charge is -2.06. The number of fused-ring (bicyclic) bond motifs is 1. The zero-order valence-electron chi connectivity index (χ0n) is 10.7. The topological polar surface area (TPSA) is 44.1 Å². The molecule has 4 heteroatoms. The van der Waals surface area contributed by atoms with Crippen LogP contribution in [0.5, 0.6) is 0 Å². The SMILES string of the molecule is COCC#Cc1cccc2nc(C)n(C)c(=O)c12. The number of ether oxygens (including phenoxy) is 1. The molecule has 92 valence electrons. The van der Waals surface area contributed by atoms with Crippen LogP contribution >= 0.6 is 0 Å². The number of hydrogen-bond donors (Lipinski definition) is 0. The summed E-state index contributed by atoms with van der Waals surface area (Å²) < 4.78 is 6.41. The highest BCUT2D eigenvalue weighted by Crippen LogP contribution is 2.12. The summed E-state index contributed by atoms with van der Waals surface area (Å²) in [6.07, 6.45) is 0. The van der Waals surface area contributed by atoms with Crippen molar-refractivity contribution in [2.24, 2.45) is 7.05 Å². The van der Waals surface area contributed by atoms with Crippen molar-refractivity contribution in [1.82, 2.24) is 9.55 Å². The van der Waals surface area contributed by atoms with E-state index in [2.05, 4.69) is 16.8 Å². The van der Waals surface area contributed by atoms with E-state index in [1.165, 1.54) is 4.57 Å². The first-order valence-corrected chi connectivity index (χ1v) is 5.59. The Morgan fingerprint density at radius 3 is 2.94 bits per heavy atom. The second kappa shape index (κ2) is 5.03. The largest absolute Gasteiger partial charge is 0.372 e. The molecular formula is C14H14N2O2. The van der Waals surface area contributed by atoms with Gasteiger partial charge < -0.3 is 4.74 Å². The molecule has 0 saturated heterocycles. The van der Waals surface area contributed by atoms with E-state index >= 15 is 0 Å². The van der Waals surface area contributed by atoms with Gasteiger partial charge in [0.2, 0.25) is 0 Å². The fraction of sp³-hybridized carbons (Fsp3) is 0.286. The highest BCUT2D eigenvalue weighted by atomic mass is 16.5. The minimum absolute atomic E-state index is 0.0696. The normalized spacial score (nSPS) is 10.2. The van der Waals surface area contributed by atoms with E-state index in [9.17, 15) is 4.79 Å². The first-order valence-electron chi connectivity index (χ1n) is 5.59. The van der Waals surface area contributed by atoms with Crippen LogP contribution in [0.2, 0.25) is 0 Å². The zero-order chi connectivity index (χ0) is 13.1. The summed E-state index contributed by atoms with van der Waals surface area (Å²) in [6, 6.07) is 5.50. The van der Waals surface area contributed by atoms with Gasteiger partial charge in [0.1, 0.15) is 12.4 Å². The fourth-order valence-electron chi connectivity index (χ4n) is 1.73. The molecule has 0 unspecified atom stereocenters. The average Bonchev–Trinajstić information content (AvgIpc) is 2.36. The lowest BCUT2D eigenvalue weighted by Crippen LogP contribution is -2.21. The summed E-state index contributed by atoms with van der Waals surface area (Å²) in [6.45, 7) is 2.15. The monoisotopic (exact) mass is 242 g/mol. The Kier molecular flexibility index (Phi) is 3.45. The number of aromatic nitrogens is 2. The summed E-state index contributed by atoms with van der Waals surface area (Å²) in [5.41, 5.74) is 1.30. The van der Waals surface area contributed by atoms with Crippen molar-refractivity contribution in [3.05, 3.63) is 39.9 Å². The molecule has 0 amide bonds. The molecule has 0 saturated carbocycles. The van der Waals surface area contributed by atoms with Gasteiger partial charge in [-0.2, -0.15) is 0 Å². The summed E-state index contributed by atoms with van der Waals surface area (Å²) >= 11 is 0. The van der Waals surface area contributed by atoms with Crippen LogP contribution in [0.1, 0.15) is 11.4 Å². The van der Waals surface area contributed by atoms with Gasteiger partial charge in [0.15, 0.2) is 0 Å². The van der Waals surface area contributed by atoms with E-state index in [4.69, 9.17) is 4.74 Å². The molecule has 0 aliphatic rings. The fourth-order valence-corrected chi connectivity index (χ4v) is 1.73. The van der Waals surface area contributed by atoms with Gasteiger partial charge in [-0.3, -0.25) is 9.36 Å². The Morgan fingerprint density at radius 1 is 1.44 bits per heavy atom. The van der Waals surface area contributed by atoms with E-state index in [-0.39, 0.29) is 5.56 Å². The van der Waals surface area contributed by atoms with Crippen molar-refractivity contribution in [2.75, 3.05) is 13.7 Å². The van der Waals surface area contributed by atoms with Gasteiger partial charge in [0.25, 0.3) is 5.56 Å². The quantitative estimate of drug-likeness (QED) is 0.707. The highest BCUT2D eigenvalue weighted by Gasteiger charge is 2.08. The van der Waals surface area contributed by atoms with Gasteiger partial charge in [0.05, 0.1) is 10.9 Å². The predicted octanol–water partition coefficient (Wildman–Crippen LogP) is 1.24. The number of methoxy groups -OCH3 is 1. The van der Waals surface area contributed by atoms with Crippen molar-refractivity contribution < 1.29 is 4.74 Å². The van der Waals surface area contributed by atoms with Gasteiger partial charge in [-0.1, -0.05) is 17.9 Å². The Morgan fingerprint density at radius 2 is 2.22 bits per heavy atom. The Balaban J connectivity index is 2.74. The van der Waals surface area contributed by atoms with Crippen LogP contribution in [0, 0.1) is 18.8 Å². The first kappa shape index (κ1) is 12.3. The maximum absolute atomic E-state index is 12.2. The molecule has 0 aliphatic carbocycles. The Labute approximate surface area is 105 Å². The van der Waals surface area contributed by atoms with Crippen LogP contribution in [0.3, 0.4) is 0 Å². The van der Waals surface area contributed by atoms with Crippen LogP contribution in [-0.4, -0.2) is 23.3 Å². The van der Waals surface area contributed by atoms with E-state index < -0.39 is 0 Å². The van der Waals surface area contributed by atoms with Crippen LogP contribution in [0.15, 0.2) is 23.0 Å². The first-order chi connectivity index (χ1) is 8.65. The molecule has 0 aliphatic heterocycles. The molecule has 0 fully saturated rings. The maximum atomic E-state index is 12.2. The molecule has 18 heavy (non-hydrogen) atoms. The van der Waals surface area contributed by atoms with Crippen molar-refractivity contribution in [3.8, 4) is 11.8 Å². The molecule has 2 rings (SSSR count). The molecule has 1 aromatic carbocycles. The number of rotatable bonds is 1. The van der Waals surface area contributed by atoms with E-state index in [0.717, 1.165) is 0 Å². The van der Waals surface area contributed by atoms with Crippen molar-refractivity contribution in [1.29, 1.82) is 0 Å². The van der Waals surface area contributed by atoms with Gasteiger partial charge in [-0.05, 0) is 19.1 Å². The molecular weight excluding hydrogens is 228 g/mol. The van der Waals surface area contributed by atoms with E-state index in [0.29, 0.717) is 28.9 Å². The second-order valence-corrected chi connectivity index (χ2v) is 3.96. The van der Waals surface area contributed by atoms with Crippen LogP contribution in [0.4, 0.5) is 0 Å². The third-order valence-corrected chi connectivity index (χ3v) is 2.77. The van der Waals surface area contributed by atoms with E-state index in [1.54, 1.807) is 14.2 Å². The van der Waals surface area contributed by atoms with Gasteiger partial charge in [-0.25, -0.2) is 4.98 Å². The van der Waals surface area contributed by atoms with Crippen LogP contribution in [-0.2, 0) is 11.8 Å². The number of nitrogens with zero attached hydrogens (tertiary/aromatic N) is 2. The standard InChI is InChI=1S/C14H14N2O2/c1-10-15-12-8-4-6-11(7-5-9-18-3)13(12)14(17)16(10)2/h4,6,8H,9H2,1-3H3. The van der Waals surface area contributed by atoms with E-state index in [1.807, 2.05) is 25.1 Å². The number of hydrogen-bond acceptors (Lipinski definition) is 3. The number of benzene rings is 1. The molecule has 0 N–H and O–H groups in total. The summed E-state index contributed by atoms with van der Waals surface area (Å²) in [7, 11) is 3.30. The third kappa shape index (κ3) is 2.13. The predicted molar refractivity (Wildman–Crippen MR) is 70.5 cm³/mol. The van der Waals surface area contributed by atoms with Crippen LogP contribution < -0.4 is 5.56 Å². The molecule has 1 heterocycles. The van der Waals surface area contributed by atoms with Crippen molar-refractivity contribution in [3.63, 3.8) is 0 Å². The van der Waals surface area contributed by atoms with Gasteiger partial charge >= 0.3 is 0 Å². The molecule has 0 atom stereocenters. The minimum Gasteiger partial charge on any atom is -0.372 e. The van der Waals surface area contributed by atoms with Crippen molar-refractivity contribution >= 4 is 10.9 Å². The zero-order valence-corrected chi connectivity index (χ0v) is 10.7. The lowest BCUT2D eigenvalue weighted by atomic mass is 10.1. The van der Waals surface area contributed by atoms with Gasteiger partial charge in [0, 0.05) is 19.7 Å².